The molecule has 44 heavy (non-hydrogen) atoms. The van der Waals surface area contributed by atoms with Crippen molar-refractivity contribution in [3.8, 4) is 12.3 Å². The maximum Gasteiger partial charge on any atom is 0.241 e. The van der Waals surface area contributed by atoms with E-state index in [9.17, 15) is 17.6 Å². The summed E-state index contributed by atoms with van der Waals surface area (Å²) < 4.78 is 62.8. The number of halogens is 3. The second kappa shape index (κ2) is 16.1. The largest absolute Gasteiger partial charge is 0.381 e. The lowest BCUT2D eigenvalue weighted by Gasteiger charge is -2.28. The minimum atomic E-state index is -3.54. The van der Waals surface area contributed by atoms with E-state index in [2.05, 4.69) is 21.3 Å². The number of sulfonamides is 1. The Morgan fingerprint density at radius 3 is 2.66 bits per heavy atom. The van der Waals surface area contributed by atoms with Crippen LogP contribution in [0.1, 0.15) is 62.0 Å². The fourth-order valence-electron chi connectivity index (χ4n) is 5.92. The lowest BCUT2D eigenvalue weighted by molar-refractivity contribution is -0.118. The molecule has 0 aliphatic carbocycles. The third-order valence-corrected chi connectivity index (χ3v) is 10.3. The highest BCUT2D eigenvalue weighted by Crippen LogP contribution is 2.32. The van der Waals surface area contributed by atoms with Crippen molar-refractivity contribution < 1.29 is 26.7 Å². The molecule has 8 nitrogen and oxygen atoms in total. The van der Waals surface area contributed by atoms with E-state index >= 15 is 4.39 Å². The molecule has 240 valence electrons. The number of ether oxygens (including phenoxy) is 1. The SMILES string of the molecule is C#CC1CCCS(=O)(=O)NC(CCc2c(F)cccc2NC(=O)[C@@H](N)[C@H](CCC2CCOCC2)c2ccc(Cl)c(F)c2)CN1. The van der Waals surface area contributed by atoms with Crippen LogP contribution in [0.25, 0.3) is 0 Å². The van der Waals surface area contributed by atoms with Gasteiger partial charge < -0.3 is 21.1 Å². The summed E-state index contributed by atoms with van der Waals surface area (Å²) in [5, 5.41) is 5.97. The summed E-state index contributed by atoms with van der Waals surface area (Å²) in [6.07, 6.45) is 10.1. The molecule has 0 radical (unpaired) electrons. The van der Waals surface area contributed by atoms with Crippen LogP contribution in [0.15, 0.2) is 36.4 Å². The van der Waals surface area contributed by atoms with Crippen molar-refractivity contribution in [1.82, 2.24) is 10.0 Å². The molecule has 4 rings (SSSR count). The van der Waals surface area contributed by atoms with Gasteiger partial charge in [-0.15, -0.1) is 6.42 Å². The molecule has 12 heteroatoms. The second-order valence-corrected chi connectivity index (χ2v) is 13.9. The molecule has 0 spiro atoms. The number of carbonyl (C=O) groups is 1. The molecule has 4 atom stereocenters. The summed E-state index contributed by atoms with van der Waals surface area (Å²) in [7, 11) is -3.54. The van der Waals surface area contributed by atoms with Gasteiger partial charge in [0, 0.05) is 43.0 Å². The molecular weight excluding hydrogens is 610 g/mol. The quantitative estimate of drug-likeness (QED) is 0.281. The molecule has 0 bridgehead atoms. The molecule has 1 amide bonds. The van der Waals surface area contributed by atoms with Crippen molar-refractivity contribution in [2.24, 2.45) is 11.7 Å². The predicted octanol–water partition coefficient (Wildman–Crippen LogP) is 4.48. The Balaban J connectivity index is 1.49. The maximum atomic E-state index is 15.1. The van der Waals surface area contributed by atoms with Crippen molar-refractivity contribution >= 4 is 33.2 Å². The van der Waals surface area contributed by atoms with Gasteiger partial charge in [-0.05, 0) is 87.1 Å². The van der Waals surface area contributed by atoms with E-state index < -0.39 is 45.6 Å². The van der Waals surface area contributed by atoms with Crippen molar-refractivity contribution in [2.75, 3.05) is 30.8 Å². The van der Waals surface area contributed by atoms with Gasteiger partial charge in [-0.2, -0.15) is 0 Å². The molecule has 0 aromatic heterocycles. The number of nitrogens with two attached hydrogens (primary N) is 1. The zero-order chi connectivity index (χ0) is 31.7. The van der Waals surface area contributed by atoms with E-state index in [4.69, 9.17) is 28.5 Å². The van der Waals surface area contributed by atoms with Gasteiger partial charge in [0.05, 0.1) is 22.9 Å². The number of hydrogen-bond donors (Lipinski definition) is 4. The smallest absolute Gasteiger partial charge is 0.241 e. The van der Waals surface area contributed by atoms with E-state index in [-0.39, 0.29) is 47.5 Å². The summed E-state index contributed by atoms with van der Waals surface area (Å²) in [5.41, 5.74) is 7.58. The number of rotatable bonds is 10. The van der Waals surface area contributed by atoms with Gasteiger partial charge in [0.15, 0.2) is 0 Å². The first-order valence-electron chi connectivity index (χ1n) is 15.1. The highest BCUT2D eigenvalue weighted by atomic mass is 35.5. The molecule has 2 aliphatic rings. The molecule has 2 aliphatic heterocycles. The van der Waals surface area contributed by atoms with Gasteiger partial charge >= 0.3 is 0 Å². The molecule has 5 N–H and O–H groups in total. The first-order valence-corrected chi connectivity index (χ1v) is 17.2. The number of nitrogens with one attached hydrogen (secondary N) is 3. The topological polar surface area (TPSA) is 123 Å². The van der Waals surface area contributed by atoms with Crippen LogP contribution in [-0.4, -0.2) is 58.0 Å². The minimum absolute atomic E-state index is 0.0217. The average Bonchev–Trinajstić information content (AvgIpc) is 3.07. The Bertz CT molecular complexity index is 1430. The van der Waals surface area contributed by atoms with Crippen LogP contribution in [0.3, 0.4) is 0 Å². The number of amides is 1. The predicted molar refractivity (Wildman–Crippen MR) is 169 cm³/mol. The lowest BCUT2D eigenvalue weighted by atomic mass is 9.83. The van der Waals surface area contributed by atoms with Crippen LogP contribution < -0.4 is 21.1 Å². The molecule has 2 aromatic rings. The summed E-state index contributed by atoms with van der Waals surface area (Å²) in [6, 6.07) is 6.96. The summed E-state index contributed by atoms with van der Waals surface area (Å²) in [5.74, 6) is 0.831. The third kappa shape index (κ3) is 9.70. The van der Waals surface area contributed by atoms with Gasteiger partial charge in [0.25, 0.3) is 0 Å². The normalized spacial score (nSPS) is 22.5. The van der Waals surface area contributed by atoms with E-state index in [1.165, 1.54) is 24.3 Å². The Kier molecular flexibility index (Phi) is 12.6. The number of terminal acetylenes is 1. The van der Waals surface area contributed by atoms with Crippen LogP contribution in [0.4, 0.5) is 14.5 Å². The Morgan fingerprint density at radius 2 is 1.93 bits per heavy atom. The zero-order valence-electron chi connectivity index (χ0n) is 24.7. The van der Waals surface area contributed by atoms with Crippen molar-refractivity contribution in [2.45, 2.75) is 75.4 Å². The van der Waals surface area contributed by atoms with Gasteiger partial charge in [-0.1, -0.05) is 29.7 Å². The van der Waals surface area contributed by atoms with E-state index in [0.717, 1.165) is 19.3 Å². The van der Waals surface area contributed by atoms with Crippen molar-refractivity contribution in [3.05, 3.63) is 64.2 Å². The van der Waals surface area contributed by atoms with Crippen LogP contribution in [0, 0.1) is 29.9 Å². The fraction of sp³-hybridized carbons (Fsp3) is 0.531. The number of anilines is 1. The monoisotopic (exact) mass is 650 g/mol. The van der Waals surface area contributed by atoms with Gasteiger partial charge in [-0.3, -0.25) is 4.79 Å². The van der Waals surface area contributed by atoms with Crippen molar-refractivity contribution in [1.29, 1.82) is 0 Å². The standard InChI is InChI=1S/C32H41ClF2N4O4S/c1-2-23-5-4-18-44(41,42)39-24(20-37-23)10-12-26-28(34)6-3-7-30(26)38-32(40)31(36)25(11-8-21-14-16-43-17-15-21)22-9-13-27(33)29(35)19-22/h1,3,6-7,9,13,19,21,23-25,31,37,39H,4-5,8,10-12,14-18,20,36H2,(H,38,40)/t23?,24?,25-,31+/m1/s1. The molecule has 0 saturated carbocycles. The molecule has 2 heterocycles. The van der Waals surface area contributed by atoms with Crippen LogP contribution in [0.2, 0.25) is 5.02 Å². The number of carbonyl (C=O) groups excluding carboxylic acids is 1. The second-order valence-electron chi connectivity index (χ2n) is 11.6. The summed E-state index contributed by atoms with van der Waals surface area (Å²) in [4.78, 5) is 13.6. The fourth-order valence-corrected chi connectivity index (χ4v) is 7.41. The van der Waals surface area contributed by atoms with Gasteiger partial charge in [0.2, 0.25) is 15.9 Å². The number of hydrogen-bond acceptors (Lipinski definition) is 6. The van der Waals surface area contributed by atoms with Crippen molar-refractivity contribution in [3.63, 3.8) is 0 Å². The zero-order valence-corrected chi connectivity index (χ0v) is 26.2. The van der Waals surface area contributed by atoms with E-state index in [1.807, 2.05) is 0 Å². The minimum Gasteiger partial charge on any atom is -0.381 e. The highest BCUT2D eigenvalue weighted by Gasteiger charge is 2.29. The Morgan fingerprint density at radius 1 is 1.16 bits per heavy atom. The Hall–Kier alpha value is -2.59. The third-order valence-electron chi connectivity index (χ3n) is 8.52. The molecule has 2 fully saturated rings. The van der Waals surface area contributed by atoms with Crippen LogP contribution >= 0.6 is 11.6 Å². The molecule has 2 aromatic carbocycles. The van der Waals surface area contributed by atoms with Crippen LogP contribution in [0.5, 0.6) is 0 Å². The molecular formula is C32H41ClF2N4O4S. The maximum absolute atomic E-state index is 15.1. The van der Waals surface area contributed by atoms with E-state index in [0.29, 0.717) is 44.0 Å². The Labute approximate surface area is 263 Å². The molecule has 2 saturated heterocycles. The van der Waals surface area contributed by atoms with Gasteiger partial charge in [0.1, 0.15) is 11.6 Å². The highest BCUT2D eigenvalue weighted by molar-refractivity contribution is 7.89. The summed E-state index contributed by atoms with van der Waals surface area (Å²) in [6.45, 7) is 1.65. The number of benzene rings is 2. The van der Waals surface area contributed by atoms with Gasteiger partial charge in [-0.25, -0.2) is 21.9 Å². The van der Waals surface area contributed by atoms with Crippen LogP contribution in [-0.2, 0) is 26.0 Å². The molecule has 2 unspecified atom stereocenters. The average molecular weight is 651 g/mol. The first kappa shape index (κ1) is 34.3. The summed E-state index contributed by atoms with van der Waals surface area (Å²) >= 11 is 5.92. The first-order chi connectivity index (χ1) is 21.1. The lowest BCUT2D eigenvalue weighted by Crippen LogP contribution is -2.44. The van der Waals surface area contributed by atoms with E-state index in [1.54, 1.807) is 12.1 Å².